The molecule has 1 saturated heterocycles. The molecule has 0 aromatic heterocycles. The second-order valence-electron chi connectivity index (χ2n) is 4.78. The van der Waals surface area contributed by atoms with Crippen LogP contribution in [0, 0.1) is 5.92 Å². The van der Waals surface area contributed by atoms with Crippen LogP contribution in [0.5, 0.6) is 0 Å². The molecule has 0 unspecified atom stereocenters. The van der Waals surface area contributed by atoms with E-state index in [1.807, 2.05) is 0 Å². The third-order valence-electron chi connectivity index (χ3n) is 3.11. The zero-order valence-corrected chi connectivity index (χ0v) is 12.2. The first kappa shape index (κ1) is 16.9. The van der Waals surface area contributed by atoms with Crippen LogP contribution in [-0.2, 0) is 10.1 Å². The van der Waals surface area contributed by atoms with Gasteiger partial charge in [0, 0.05) is 0 Å². The van der Waals surface area contributed by atoms with Gasteiger partial charge in [-0.1, -0.05) is 26.7 Å². The van der Waals surface area contributed by atoms with E-state index in [1.165, 1.54) is 51.7 Å². The highest BCUT2D eigenvalue weighted by Gasteiger charge is 2.16. The van der Waals surface area contributed by atoms with E-state index in [4.69, 9.17) is 4.55 Å². The first-order chi connectivity index (χ1) is 7.86. The van der Waals surface area contributed by atoms with Gasteiger partial charge in [-0.3, -0.25) is 4.55 Å². The molecule has 4 nitrogen and oxygen atoms in total. The second kappa shape index (κ2) is 8.89. The van der Waals surface area contributed by atoms with Gasteiger partial charge in [0.2, 0.25) is 0 Å². The zero-order valence-electron chi connectivity index (χ0n) is 11.4. The molecule has 0 aromatic rings. The topological polar surface area (TPSA) is 57.6 Å². The molecule has 17 heavy (non-hydrogen) atoms. The molecule has 0 saturated carbocycles. The molecule has 1 N–H and O–H groups in total. The van der Waals surface area contributed by atoms with Crippen molar-refractivity contribution in [2.45, 2.75) is 46.0 Å². The molecular formula is C12H27NO3S. The smallest absolute Gasteiger partial charge is 0.261 e. The summed E-state index contributed by atoms with van der Waals surface area (Å²) in [5, 5.41) is 0. The Bertz CT molecular complexity index is 261. The van der Waals surface area contributed by atoms with Crippen LogP contribution in [0.3, 0.4) is 0 Å². The molecule has 1 heterocycles. The molecule has 1 aliphatic rings. The lowest BCUT2D eigenvalue weighted by Gasteiger charge is -2.31. The average Bonchev–Trinajstić information content (AvgIpc) is 2.25. The van der Waals surface area contributed by atoms with Crippen molar-refractivity contribution in [2.75, 3.05) is 25.9 Å². The first-order valence-electron chi connectivity index (χ1n) is 6.51. The van der Waals surface area contributed by atoms with Gasteiger partial charge < -0.3 is 4.90 Å². The van der Waals surface area contributed by atoms with E-state index < -0.39 is 10.1 Å². The summed E-state index contributed by atoms with van der Waals surface area (Å²) in [5.74, 6) is 1.03. The van der Waals surface area contributed by atoms with Crippen LogP contribution in [0.15, 0.2) is 0 Å². The van der Waals surface area contributed by atoms with Gasteiger partial charge in [0.05, 0.1) is 6.26 Å². The lowest BCUT2D eigenvalue weighted by atomic mass is 9.94. The van der Waals surface area contributed by atoms with Gasteiger partial charge in [-0.15, -0.1) is 0 Å². The molecule has 0 radical (unpaired) electrons. The Morgan fingerprint density at radius 3 is 2.06 bits per heavy atom. The van der Waals surface area contributed by atoms with Gasteiger partial charge in [-0.25, -0.2) is 0 Å². The molecule has 0 bridgehead atoms. The highest BCUT2D eigenvalue weighted by atomic mass is 32.2. The molecule has 0 spiro atoms. The standard InChI is InChI=1S/C11H23N.CH4O3S/c1-3-5-8-12-9-6-11(4-2)7-10-12;1-5(2,3)4/h11H,3-10H2,1-2H3;1H3,(H,2,3,4). The lowest BCUT2D eigenvalue weighted by Crippen LogP contribution is -2.34. The Morgan fingerprint density at radius 1 is 1.24 bits per heavy atom. The zero-order chi connectivity index (χ0) is 13.3. The number of hydrogen-bond acceptors (Lipinski definition) is 3. The van der Waals surface area contributed by atoms with E-state index in [-0.39, 0.29) is 0 Å². The molecule has 0 aliphatic carbocycles. The van der Waals surface area contributed by atoms with Crippen molar-refractivity contribution in [2.24, 2.45) is 5.92 Å². The van der Waals surface area contributed by atoms with Crippen molar-refractivity contribution in [3.63, 3.8) is 0 Å². The Balaban J connectivity index is 0.000000437. The SMILES string of the molecule is CCCCN1CCC(CC)CC1.CS(=O)(=O)O. The molecule has 104 valence electrons. The van der Waals surface area contributed by atoms with Gasteiger partial charge in [-0.2, -0.15) is 8.42 Å². The van der Waals surface area contributed by atoms with Crippen LogP contribution in [0.2, 0.25) is 0 Å². The predicted octanol–water partition coefficient (Wildman–Crippen LogP) is 2.41. The van der Waals surface area contributed by atoms with Crippen molar-refractivity contribution in [1.29, 1.82) is 0 Å². The monoisotopic (exact) mass is 265 g/mol. The predicted molar refractivity (Wildman–Crippen MR) is 71.8 cm³/mol. The number of hydrogen-bond donors (Lipinski definition) is 1. The van der Waals surface area contributed by atoms with Crippen molar-refractivity contribution >= 4 is 10.1 Å². The summed E-state index contributed by atoms with van der Waals surface area (Å²) in [6.07, 6.45) is 7.72. The minimum Gasteiger partial charge on any atom is -0.303 e. The normalized spacial score (nSPS) is 18.6. The van der Waals surface area contributed by atoms with Crippen molar-refractivity contribution in [3.8, 4) is 0 Å². The van der Waals surface area contributed by atoms with Crippen LogP contribution in [0.4, 0.5) is 0 Å². The minimum absolute atomic E-state index is 0.715. The fraction of sp³-hybridized carbons (Fsp3) is 1.00. The first-order valence-corrected chi connectivity index (χ1v) is 8.36. The van der Waals surface area contributed by atoms with Crippen LogP contribution in [0.1, 0.15) is 46.0 Å². The maximum Gasteiger partial charge on any atom is 0.261 e. The molecule has 0 aromatic carbocycles. The van der Waals surface area contributed by atoms with Crippen molar-refractivity contribution in [1.82, 2.24) is 4.90 Å². The second-order valence-corrected chi connectivity index (χ2v) is 6.25. The Hall–Kier alpha value is -0.130. The van der Waals surface area contributed by atoms with Crippen LogP contribution < -0.4 is 0 Å². The molecule has 1 rings (SSSR count). The number of rotatable bonds is 4. The Labute approximate surface area is 106 Å². The molecule has 5 heteroatoms. The third kappa shape index (κ3) is 12.1. The molecule has 0 amide bonds. The Kier molecular flexibility index (Phi) is 8.82. The number of unbranched alkanes of at least 4 members (excludes halogenated alkanes) is 1. The van der Waals surface area contributed by atoms with E-state index in [2.05, 4.69) is 18.7 Å². The van der Waals surface area contributed by atoms with Gasteiger partial charge in [0.25, 0.3) is 10.1 Å². The van der Waals surface area contributed by atoms with Crippen molar-refractivity contribution < 1.29 is 13.0 Å². The quantitative estimate of drug-likeness (QED) is 0.793. The molecule has 1 fully saturated rings. The van der Waals surface area contributed by atoms with Gasteiger partial charge in [0.1, 0.15) is 0 Å². The molecular weight excluding hydrogens is 238 g/mol. The highest BCUT2D eigenvalue weighted by Crippen LogP contribution is 2.19. The number of likely N-dealkylation sites (tertiary alicyclic amines) is 1. The van der Waals surface area contributed by atoms with Crippen molar-refractivity contribution in [3.05, 3.63) is 0 Å². The van der Waals surface area contributed by atoms with Crippen LogP contribution in [0.25, 0.3) is 0 Å². The summed E-state index contributed by atoms with van der Waals surface area (Å²) in [7, 11) is -3.67. The largest absolute Gasteiger partial charge is 0.303 e. The summed E-state index contributed by atoms with van der Waals surface area (Å²) in [6.45, 7) is 8.66. The maximum absolute atomic E-state index is 9.19. The summed E-state index contributed by atoms with van der Waals surface area (Å²) in [5.41, 5.74) is 0. The summed E-state index contributed by atoms with van der Waals surface area (Å²) < 4.78 is 25.9. The third-order valence-corrected chi connectivity index (χ3v) is 3.11. The highest BCUT2D eigenvalue weighted by molar-refractivity contribution is 7.85. The lowest BCUT2D eigenvalue weighted by molar-refractivity contribution is 0.180. The minimum atomic E-state index is -3.67. The number of piperidine rings is 1. The number of nitrogens with zero attached hydrogens (tertiary/aromatic N) is 1. The van der Waals surface area contributed by atoms with Crippen LogP contribution >= 0.6 is 0 Å². The van der Waals surface area contributed by atoms with E-state index in [1.54, 1.807) is 0 Å². The fourth-order valence-corrected chi connectivity index (χ4v) is 2.00. The molecule has 1 aliphatic heterocycles. The van der Waals surface area contributed by atoms with E-state index in [0.29, 0.717) is 6.26 Å². The summed E-state index contributed by atoms with van der Waals surface area (Å²) in [4.78, 5) is 2.63. The fourth-order valence-electron chi connectivity index (χ4n) is 2.00. The maximum atomic E-state index is 9.19. The molecule has 0 atom stereocenters. The van der Waals surface area contributed by atoms with E-state index in [9.17, 15) is 8.42 Å². The van der Waals surface area contributed by atoms with Gasteiger partial charge in [0.15, 0.2) is 0 Å². The van der Waals surface area contributed by atoms with E-state index in [0.717, 1.165) is 5.92 Å². The summed E-state index contributed by atoms with van der Waals surface area (Å²) >= 11 is 0. The summed E-state index contributed by atoms with van der Waals surface area (Å²) in [6, 6.07) is 0. The van der Waals surface area contributed by atoms with Gasteiger partial charge in [-0.05, 0) is 44.8 Å². The van der Waals surface area contributed by atoms with E-state index >= 15 is 0 Å². The van der Waals surface area contributed by atoms with Gasteiger partial charge >= 0.3 is 0 Å². The Morgan fingerprint density at radius 2 is 1.71 bits per heavy atom. The van der Waals surface area contributed by atoms with Crippen LogP contribution in [-0.4, -0.2) is 43.8 Å². The average molecular weight is 265 g/mol.